The summed E-state index contributed by atoms with van der Waals surface area (Å²) in [4.78, 5) is 10.4. The number of nitrogens with zero attached hydrogens (tertiary/aromatic N) is 1. The summed E-state index contributed by atoms with van der Waals surface area (Å²) in [7, 11) is 0. The van der Waals surface area contributed by atoms with Crippen molar-refractivity contribution in [3.8, 4) is 0 Å². The first-order valence-electron chi connectivity index (χ1n) is 6.09. The van der Waals surface area contributed by atoms with Gasteiger partial charge in [-0.1, -0.05) is 18.2 Å². The van der Waals surface area contributed by atoms with Crippen LogP contribution in [-0.2, 0) is 6.42 Å². The zero-order chi connectivity index (χ0) is 14.5. The third kappa shape index (κ3) is 3.23. The van der Waals surface area contributed by atoms with E-state index in [1.54, 1.807) is 24.3 Å². The van der Waals surface area contributed by atoms with Crippen molar-refractivity contribution in [2.45, 2.75) is 6.42 Å². The van der Waals surface area contributed by atoms with Crippen molar-refractivity contribution in [3.05, 3.63) is 64.0 Å². The second-order valence-corrected chi connectivity index (χ2v) is 4.31. The fourth-order valence-electron chi connectivity index (χ4n) is 1.94. The number of nitrogens with two attached hydrogens (primary N) is 1. The Morgan fingerprint density at radius 3 is 2.70 bits per heavy atom. The van der Waals surface area contributed by atoms with Gasteiger partial charge in [0, 0.05) is 6.54 Å². The first-order chi connectivity index (χ1) is 9.58. The standard InChI is InChI=1S/C14H14FN3O2/c15-11-4-1-3-10(9-11)7-8-17-13-6-2-5-12(16)14(13)18(19)20/h1-6,9,17H,7-8,16H2. The second-order valence-electron chi connectivity index (χ2n) is 4.31. The number of nitro groups is 1. The Bertz CT molecular complexity index is 632. The van der Waals surface area contributed by atoms with Crippen LogP contribution in [0, 0.1) is 15.9 Å². The van der Waals surface area contributed by atoms with Crippen molar-refractivity contribution in [1.29, 1.82) is 0 Å². The summed E-state index contributed by atoms with van der Waals surface area (Å²) in [5.41, 5.74) is 6.77. The molecule has 0 fully saturated rings. The van der Waals surface area contributed by atoms with Gasteiger partial charge >= 0.3 is 5.69 Å². The van der Waals surface area contributed by atoms with Crippen LogP contribution in [0.25, 0.3) is 0 Å². The lowest BCUT2D eigenvalue weighted by Gasteiger charge is -2.08. The summed E-state index contributed by atoms with van der Waals surface area (Å²) < 4.78 is 13.0. The molecule has 0 aromatic heterocycles. The summed E-state index contributed by atoms with van der Waals surface area (Å²) in [6, 6.07) is 11.0. The molecular formula is C14H14FN3O2. The first kappa shape index (κ1) is 13.8. The van der Waals surface area contributed by atoms with E-state index in [1.807, 2.05) is 0 Å². The lowest BCUT2D eigenvalue weighted by Crippen LogP contribution is -2.08. The molecule has 0 aliphatic carbocycles. The van der Waals surface area contributed by atoms with E-state index < -0.39 is 4.92 Å². The number of halogens is 1. The number of hydrogen-bond donors (Lipinski definition) is 2. The summed E-state index contributed by atoms with van der Waals surface area (Å²) in [6.07, 6.45) is 0.559. The minimum absolute atomic E-state index is 0.116. The fraction of sp³-hybridized carbons (Fsp3) is 0.143. The van der Waals surface area contributed by atoms with Gasteiger partial charge in [0.15, 0.2) is 0 Å². The molecule has 2 rings (SSSR count). The van der Waals surface area contributed by atoms with Gasteiger partial charge in [0.05, 0.1) is 4.92 Å². The SMILES string of the molecule is Nc1cccc(NCCc2cccc(F)c2)c1[N+](=O)[O-]. The highest BCUT2D eigenvalue weighted by molar-refractivity contribution is 5.74. The van der Waals surface area contributed by atoms with Gasteiger partial charge in [-0.05, 0) is 36.2 Å². The summed E-state index contributed by atoms with van der Waals surface area (Å²) in [6.45, 7) is 0.452. The average molecular weight is 275 g/mol. The van der Waals surface area contributed by atoms with Crippen LogP contribution in [0.2, 0.25) is 0 Å². The third-order valence-corrected chi connectivity index (χ3v) is 2.87. The van der Waals surface area contributed by atoms with Gasteiger partial charge in [-0.25, -0.2) is 4.39 Å². The molecule has 0 bridgehead atoms. The number of para-hydroxylation sites is 1. The average Bonchev–Trinajstić information content (AvgIpc) is 2.38. The smallest absolute Gasteiger partial charge is 0.314 e. The van der Waals surface area contributed by atoms with Gasteiger partial charge in [-0.15, -0.1) is 0 Å². The number of rotatable bonds is 5. The maximum Gasteiger partial charge on any atom is 0.314 e. The van der Waals surface area contributed by atoms with E-state index in [-0.39, 0.29) is 17.2 Å². The van der Waals surface area contributed by atoms with E-state index in [1.165, 1.54) is 18.2 Å². The summed E-state index contributed by atoms with van der Waals surface area (Å²) in [5, 5.41) is 13.9. The lowest BCUT2D eigenvalue weighted by molar-refractivity contribution is -0.383. The Balaban J connectivity index is 2.05. The monoisotopic (exact) mass is 275 g/mol. The maximum absolute atomic E-state index is 13.0. The molecule has 0 amide bonds. The maximum atomic E-state index is 13.0. The van der Waals surface area contributed by atoms with Crippen LogP contribution in [0.3, 0.4) is 0 Å². The van der Waals surface area contributed by atoms with E-state index in [2.05, 4.69) is 5.32 Å². The van der Waals surface area contributed by atoms with Crippen LogP contribution in [-0.4, -0.2) is 11.5 Å². The molecule has 6 heteroatoms. The minimum Gasteiger partial charge on any atom is -0.393 e. The molecular weight excluding hydrogens is 261 g/mol. The number of nitrogen functional groups attached to an aromatic ring is 1. The molecule has 0 spiro atoms. The topological polar surface area (TPSA) is 81.2 Å². The Hall–Kier alpha value is -2.63. The zero-order valence-corrected chi connectivity index (χ0v) is 10.7. The zero-order valence-electron chi connectivity index (χ0n) is 10.7. The molecule has 0 saturated heterocycles. The molecule has 3 N–H and O–H groups in total. The molecule has 0 aliphatic rings. The molecule has 0 radical (unpaired) electrons. The van der Waals surface area contributed by atoms with Crippen molar-refractivity contribution in [3.63, 3.8) is 0 Å². The Labute approximate surface area is 115 Å². The van der Waals surface area contributed by atoms with E-state index >= 15 is 0 Å². The predicted molar refractivity (Wildman–Crippen MR) is 76.1 cm³/mol. The number of nitrogens with one attached hydrogen (secondary N) is 1. The molecule has 2 aromatic carbocycles. The van der Waals surface area contributed by atoms with Crippen molar-refractivity contribution in [2.75, 3.05) is 17.6 Å². The van der Waals surface area contributed by atoms with Gasteiger partial charge in [-0.2, -0.15) is 0 Å². The van der Waals surface area contributed by atoms with Crippen molar-refractivity contribution in [1.82, 2.24) is 0 Å². The van der Waals surface area contributed by atoms with Crippen LogP contribution in [0.4, 0.5) is 21.5 Å². The van der Waals surface area contributed by atoms with Crippen LogP contribution < -0.4 is 11.1 Å². The van der Waals surface area contributed by atoms with Gasteiger partial charge in [0.25, 0.3) is 0 Å². The molecule has 0 unspecified atom stereocenters. The Kier molecular flexibility index (Phi) is 4.14. The van der Waals surface area contributed by atoms with Crippen LogP contribution in [0.1, 0.15) is 5.56 Å². The van der Waals surface area contributed by atoms with Crippen LogP contribution in [0.5, 0.6) is 0 Å². The molecule has 2 aromatic rings. The first-order valence-corrected chi connectivity index (χ1v) is 6.09. The summed E-state index contributed by atoms with van der Waals surface area (Å²) >= 11 is 0. The minimum atomic E-state index is -0.514. The molecule has 0 heterocycles. The van der Waals surface area contributed by atoms with E-state index in [4.69, 9.17) is 5.73 Å². The van der Waals surface area contributed by atoms with E-state index in [0.717, 1.165) is 5.56 Å². The molecule has 5 nitrogen and oxygen atoms in total. The highest BCUT2D eigenvalue weighted by atomic mass is 19.1. The van der Waals surface area contributed by atoms with Crippen molar-refractivity contribution >= 4 is 17.1 Å². The Morgan fingerprint density at radius 2 is 2.00 bits per heavy atom. The van der Waals surface area contributed by atoms with E-state index in [0.29, 0.717) is 18.7 Å². The number of benzene rings is 2. The fourth-order valence-corrected chi connectivity index (χ4v) is 1.94. The highest BCUT2D eigenvalue weighted by Gasteiger charge is 2.16. The van der Waals surface area contributed by atoms with Crippen LogP contribution >= 0.6 is 0 Å². The molecule has 20 heavy (non-hydrogen) atoms. The molecule has 0 saturated carbocycles. The second kappa shape index (κ2) is 6.01. The largest absolute Gasteiger partial charge is 0.393 e. The summed E-state index contributed by atoms with van der Waals surface area (Å²) in [5.74, 6) is -0.294. The van der Waals surface area contributed by atoms with Gasteiger partial charge in [-0.3, -0.25) is 10.1 Å². The number of anilines is 2. The predicted octanol–water partition coefficient (Wildman–Crippen LogP) is 2.97. The molecule has 104 valence electrons. The van der Waals surface area contributed by atoms with E-state index in [9.17, 15) is 14.5 Å². The number of nitro benzene ring substituents is 1. The van der Waals surface area contributed by atoms with Gasteiger partial charge in [0.1, 0.15) is 17.2 Å². The normalized spacial score (nSPS) is 10.2. The van der Waals surface area contributed by atoms with Crippen molar-refractivity contribution in [2.24, 2.45) is 0 Å². The molecule has 0 atom stereocenters. The highest BCUT2D eigenvalue weighted by Crippen LogP contribution is 2.30. The molecule has 0 aliphatic heterocycles. The lowest BCUT2D eigenvalue weighted by atomic mass is 10.1. The third-order valence-electron chi connectivity index (χ3n) is 2.87. The van der Waals surface area contributed by atoms with Crippen molar-refractivity contribution < 1.29 is 9.31 Å². The Morgan fingerprint density at radius 1 is 1.25 bits per heavy atom. The van der Waals surface area contributed by atoms with Gasteiger partial charge < -0.3 is 11.1 Å². The van der Waals surface area contributed by atoms with Gasteiger partial charge in [0.2, 0.25) is 0 Å². The number of hydrogen-bond acceptors (Lipinski definition) is 4. The quantitative estimate of drug-likeness (QED) is 0.499. The van der Waals surface area contributed by atoms with Crippen LogP contribution in [0.15, 0.2) is 42.5 Å².